The first kappa shape index (κ1) is 46.9. The van der Waals surface area contributed by atoms with Crippen LogP contribution in [0.15, 0.2) is 84.9 Å². The predicted octanol–water partition coefficient (Wildman–Crippen LogP) is 14.4. The Morgan fingerprint density at radius 1 is 0.492 bits per heavy atom. The van der Waals surface area contributed by atoms with Crippen LogP contribution in [-0.4, -0.2) is 11.9 Å². The van der Waals surface area contributed by atoms with E-state index in [2.05, 4.69) is 97.0 Å². The maximum atomic E-state index is 13.6. The van der Waals surface area contributed by atoms with Gasteiger partial charge in [-0.2, -0.15) is 0 Å². The lowest BCUT2D eigenvalue weighted by molar-refractivity contribution is -0.129. The molecule has 0 saturated carbocycles. The highest BCUT2D eigenvalue weighted by atomic mass is 32.1. The monoisotopic (exact) mass is 923 g/mol. The number of esters is 2. The molecule has 0 saturated heterocycles. The first-order chi connectivity index (χ1) is 31.2. The third-order valence-electron chi connectivity index (χ3n) is 12.7. The maximum absolute atomic E-state index is 13.6. The topological polar surface area (TPSA) is 78.6 Å². The number of fused-ring (bicyclic) bond motifs is 3. The summed E-state index contributed by atoms with van der Waals surface area (Å²) in [7, 11) is 0. The Bertz CT molecular complexity index is 2790. The number of ether oxygens (including phenoxy) is 2. The number of thiophene rings is 3. The molecule has 2 aliphatic rings. The van der Waals surface area contributed by atoms with Crippen LogP contribution < -0.4 is 25.6 Å². The van der Waals surface area contributed by atoms with Gasteiger partial charge in [0, 0.05) is 45.2 Å². The molecule has 2 N–H and O–H groups in total. The largest absolute Gasteiger partial charge is 0.418 e. The molecule has 0 bridgehead atoms. The van der Waals surface area contributed by atoms with E-state index in [9.17, 15) is 9.59 Å². The molecule has 0 atom stereocenters. The number of rotatable bonds is 20. The Morgan fingerprint density at radius 3 is 1.42 bits per heavy atom. The van der Waals surface area contributed by atoms with Crippen molar-refractivity contribution >= 4 is 57.1 Å². The van der Waals surface area contributed by atoms with Crippen LogP contribution in [0.3, 0.4) is 0 Å². The summed E-state index contributed by atoms with van der Waals surface area (Å²) in [5.41, 5.74) is 13.8. The van der Waals surface area contributed by atoms with Gasteiger partial charge in [0.15, 0.2) is 11.5 Å². The van der Waals surface area contributed by atoms with Gasteiger partial charge in [-0.1, -0.05) is 147 Å². The maximum Gasteiger partial charge on any atom is 0.345 e. The van der Waals surface area contributed by atoms with Crippen LogP contribution in [0, 0.1) is 0 Å². The van der Waals surface area contributed by atoms with Gasteiger partial charge in [-0.3, -0.25) is 0 Å². The van der Waals surface area contributed by atoms with Gasteiger partial charge < -0.3 is 15.2 Å². The highest BCUT2D eigenvalue weighted by molar-refractivity contribution is 7.24. The van der Waals surface area contributed by atoms with E-state index in [1.54, 1.807) is 11.3 Å². The van der Waals surface area contributed by atoms with Crippen molar-refractivity contribution in [1.29, 1.82) is 0 Å². The fraction of sp³-hybridized carbons (Fsp3) is 0.404. The van der Waals surface area contributed by atoms with Gasteiger partial charge in [0.1, 0.15) is 0 Å². The van der Waals surface area contributed by atoms with E-state index in [0.29, 0.717) is 33.1 Å². The average molecular weight is 924 g/mol. The molecule has 0 radical (unpaired) electrons. The molecule has 2 aliphatic heterocycles. The van der Waals surface area contributed by atoms with E-state index in [0.717, 1.165) is 41.5 Å². The minimum atomic E-state index is -0.456. The number of hydrogen-bond acceptors (Lipinski definition) is 8. The van der Waals surface area contributed by atoms with E-state index < -0.39 is 17.5 Å². The normalized spacial score (nSPS) is 13.7. The summed E-state index contributed by atoms with van der Waals surface area (Å²) in [6.45, 7) is 15.5. The minimum Gasteiger partial charge on any atom is -0.418 e. The Labute approximate surface area is 398 Å². The van der Waals surface area contributed by atoms with Gasteiger partial charge in [-0.05, 0) is 115 Å². The average Bonchev–Trinajstić information content (AvgIpc) is 4.12. The second-order valence-corrected chi connectivity index (χ2v) is 22.8. The third kappa shape index (κ3) is 10.4. The summed E-state index contributed by atoms with van der Waals surface area (Å²) in [4.78, 5) is 35.0. The highest BCUT2D eigenvalue weighted by Crippen LogP contribution is 2.44. The van der Waals surface area contributed by atoms with Gasteiger partial charge in [0.05, 0.1) is 11.1 Å². The number of unbranched alkanes of at least 4 members (excludes halogenated alkanes) is 10. The Morgan fingerprint density at radius 2 is 0.938 bits per heavy atom. The van der Waals surface area contributed by atoms with Crippen LogP contribution in [-0.2, 0) is 33.4 Å². The molecule has 5 nitrogen and oxygen atoms in total. The van der Waals surface area contributed by atoms with Crippen LogP contribution in [0.25, 0.3) is 41.8 Å². The highest BCUT2D eigenvalue weighted by Gasteiger charge is 2.34. The zero-order valence-corrected chi connectivity index (χ0v) is 41.9. The molecule has 5 heterocycles. The summed E-state index contributed by atoms with van der Waals surface area (Å²) in [6, 6.07) is 29.4. The molecule has 8 heteroatoms. The molecule has 8 rings (SSSR count). The van der Waals surface area contributed by atoms with Gasteiger partial charge in [0.25, 0.3) is 0 Å². The summed E-state index contributed by atoms with van der Waals surface area (Å²) in [5.74, 6) is -0.310. The quantitative estimate of drug-likeness (QED) is 0.0469. The molecule has 0 amide bonds. The lowest BCUT2D eigenvalue weighted by atomic mass is 9.95. The zero-order chi connectivity index (χ0) is 45.9. The number of aryl methyl sites for hydroxylation is 2. The van der Waals surface area contributed by atoms with Crippen molar-refractivity contribution in [3.8, 4) is 42.1 Å². The van der Waals surface area contributed by atoms with Crippen LogP contribution in [0.4, 0.5) is 0 Å². The van der Waals surface area contributed by atoms with Crippen molar-refractivity contribution in [2.75, 3.05) is 0 Å². The summed E-state index contributed by atoms with van der Waals surface area (Å²) >= 11 is 5.54. The fourth-order valence-electron chi connectivity index (χ4n) is 9.14. The molecule has 3 aromatic carbocycles. The molecule has 3 aromatic heterocycles. The second kappa shape index (κ2) is 20.1. The molecular weight excluding hydrogens is 859 g/mol. The number of hydrogen-bond donors (Lipinski definition) is 1. The Hall–Kier alpha value is -4.60. The van der Waals surface area contributed by atoms with E-state index in [1.807, 2.05) is 59.1 Å². The second-order valence-electron chi connectivity index (χ2n) is 19.6. The van der Waals surface area contributed by atoms with Gasteiger partial charge in [-0.25, -0.2) is 9.59 Å². The molecule has 6 aromatic rings. The first-order valence-electron chi connectivity index (χ1n) is 24.0. The van der Waals surface area contributed by atoms with E-state index >= 15 is 0 Å². The smallest absolute Gasteiger partial charge is 0.345 e. The van der Waals surface area contributed by atoms with Crippen molar-refractivity contribution in [2.24, 2.45) is 5.73 Å². The van der Waals surface area contributed by atoms with Crippen LogP contribution >= 0.6 is 34.0 Å². The predicted molar refractivity (Wildman–Crippen MR) is 275 cm³/mol. The zero-order valence-electron chi connectivity index (χ0n) is 39.4. The number of carbonyl (C=O) groups excluding carboxylic acids is 2. The van der Waals surface area contributed by atoms with Crippen molar-refractivity contribution in [1.82, 2.24) is 0 Å². The van der Waals surface area contributed by atoms with Crippen molar-refractivity contribution in [3.05, 3.63) is 127 Å². The molecule has 0 fully saturated rings. The molecule has 65 heavy (non-hydrogen) atoms. The summed E-state index contributed by atoms with van der Waals surface area (Å²) in [6.07, 6.45) is 17.3. The summed E-state index contributed by atoms with van der Waals surface area (Å²) < 4.78 is 11.8. The van der Waals surface area contributed by atoms with Gasteiger partial charge in [-0.15, -0.1) is 34.0 Å². The lowest BCUT2D eigenvalue weighted by Crippen LogP contribution is -2.28. The van der Waals surface area contributed by atoms with Crippen LogP contribution in [0.2, 0.25) is 0 Å². The van der Waals surface area contributed by atoms with Crippen molar-refractivity contribution < 1.29 is 19.1 Å². The minimum absolute atomic E-state index is 0.112. The van der Waals surface area contributed by atoms with E-state index in [1.165, 1.54) is 111 Å². The summed E-state index contributed by atoms with van der Waals surface area (Å²) in [5, 5.41) is 1.26. The standard InChI is InChI=1S/C57H65NO4S3/c1-8-10-12-14-16-18-20-40-34-45(64-52(40)44-32-33-47(63-44)56(3,4)5)36-22-26-38(27-23-36)48-42-30-31-43-49(55(60)62-51(43)50(42)61-54(48)59)39-28-24-37(25-29-39)46-35-41(53(65-46)57(6,7)58)21-19-17-15-13-11-9-2/h22-35H,8-21,58H2,1-7H3. The van der Waals surface area contributed by atoms with Crippen LogP contribution in [0.5, 0.6) is 11.5 Å². The number of carbonyl (C=O) groups is 2. The lowest BCUT2D eigenvalue weighted by Gasteiger charge is -2.19. The van der Waals surface area contributed by atoms with Gasteiger partial charge >= 0.3 is 11.9 Å². The first-order valence-corrected chi connectivity index (χ1v) is 26.4. The molecule has 0 aliphatic carbocycles. The third-order valence-corrected chi connectivity index (χ3v) is 17.2. The molecular formula is C57H65NO4S3. The SMILES string of the molecule is CCCCCCCCc1cc(-c2ccc(C3=c4ccc5c(c4OC3=O)OC(=O)C=5c3ccc(-c4cc(CCCCCCCC)c(C(C)(C)N)s4)cc3)cc2)sc1-c1ccc(C(C)(C)C)s1. The number of nitrogens with two attached hydrogens (primary N) is 1. The molecule has 340 valence electrons. The Kier molecular flexibility index (Phi) is 14.5. The molecule has 0 unspecified atom stereocenters. The Balaban J connectivity index is 1.05. The fourth-order valence-corrected chi connectivity index (χ4v) is 12.8. The van der Waals surface area contributed by atoms with Gasteiger partial charge in [0.2, 0.25) is 0 Å². The van der Waals surface area contributed by atoms with Crippen LogP contribution in [0.1, 0.15) is 158 Å². The van der Waals surface area contributed by atoms with Crippen molar-refractivity contribution in [2.45, 2.75) is 149 Å². The number of benzene rings is 3. The van der Waals surface area contributed by atoms with E-state index in [4.69, 9.17) is 15.2 Å². The van der Waals surface area contributed by atoms with E-state index in [-0.39, 0.29) is 5.41 Å². The molecule has 0 spiro atoms. The van der Waals surface area contributed by atoms with Crippen molar-refractivity contribution in [3.63, 3.8) is 0 Å².